The summed E-state index contributed by atoms with van der Waals surface area (Å²) >= 11 is 0. The molecule has 0 unspecified atom stereocenters. The highest BCUT2D eigenvalue weighted by molar-refractivity contribution is 5.86. The van der Waals surface area contributed by atoms with E-state index in [1.807, 2.05) is 6.07 Å². The number of fused-ring (bicyclic) bond motifs is 2. The molecular weight excluding hydrogens is 326 g/mol. The molecule has 0 saturated heterocycles. The van der Waals surface area contributed by atoms with E-state index in [0.717, 1.165) is 18.4 Å². The molecule has 138 valence electrons. The molecule has 4 rings (SSSR count). The summed E-state index contributed by atoms with van der Waals surface area (Å²) in [6.07, 6.45) is 6.99. The van der Waals surface area contributed by atoms with E-state index in [1.54, 1.807) is 0 Å². The van der Waals surface area contributed by atoms with Gasteiger partial charge in [-0.1, -0.05) is 52.0 Å². The summed E-state index contributed by atoms with van der Waals surface area (Å²) in [5.74, 6) is 0. The minimum absolute atomic E-state index is 0.237. The van der Waals surface area contributed by atoms with Gasteiger partial charge in [-0.3, -0.25) is 0 Å². The summed E-state index contributed by atoms with van der Waals surface area (Å²) in [7, 11) is 0. The Hall–Kier alpha value is -2.33. The second kappa shape index (κ2) is 6.10. The lowest BCUT2D eigenvalue weighted by Crippen LogP contribution is -2.34. The number of nitrogens with zero attached hydrogens (tertiary/aromatic N) is 1. The molecule has 27 heavy (non-hydrogen) atoms. The van der Waals surface area contributed by atoms with Crippen molar-refractivity contribution in [2.75, 3.05) is 0 Å². The van der Waals surface area contributed by atoms with Crippen LogP contribution >= 0.6 is 0 Å². The van der Waals surface area contributed by atoms with Crippen LogP contribution in [0.1, 0.15) is 85.9 Å². The van der Waals surface area contributed by atoms with Crippen molar-refractivity contribution in [1.82, 2.24) is 0 Å². The second-order valence-corrected chi connectivity index (χ2v) is 9.68. The second-order valence-electron chi connectivity index (χ2n) is 9.68. The molecule has 0 saturated carbocycles. The molecule has 1 heteroatoms. The number of benzene rings is 2. The van der Waals surface area contributed by atoms with Crippen LogP contribution in [0.15, 0.2) is 30.3 Å². The average Bonchev–Trinajstić information content (AvgIpc) is 3.02. The van der Waals surface area contributed by atoms with Crippen molar-refractivity contribution in [3.05, 3.63) is 69.3 Å². The van der Waals surface area contributed by atoms with Gasteiger partial charge in [-0.15, -0.1) is 0 Å². The highest BCUT2D eigenvalue weighted by atomic mass is 14.4. The summed E-state index contributed by atoms with van der Waals surface area (Å²) < 4.78 is 0. The third-order valence-electron chi connectivity index (χ3n) is 6.81. The van der Waals surface area contributed by atoms with Crippen LogP contribution in [0.4, 0.5) is 0 Å². The van der Waals surface area contributed by atoms with Gasteiger partial charge in [0.05, 0.1) is 11.6 Å². The molecule has 0 aromatic heterocycles. The van der Waals surface area contributed by atoms with Gasteiger partial charge in [0.15, 0.2) is 0 Å². The van der Waals surface area contributed by atoms with Crippen LogP contribution in [0.2, 0.25) is 0 Å². The van der Waals surface area contributed by atoms with E-state index in [2.05, 4.69) is 71.0 Å². The quantitative estimate of drug-likeness (QED) is 0.558. The predicted octanol–water partition coefficient (Wildman–Crippen LogP) is 6.70. The highest BCUT2D eigenvalue weighted by Crippen LogP contribution is 2.47. The van der Waals surface area contributed by atoms with Crippen LogP contribution in [0.25, 0.3) is 11.6 Å². The van der Waals surface area contributed by atoms with Gasteiger partial charge in [0.2, 0.25) is 0 Å². The molecule has 0 atom stereocenters. The van der Waals surface area contributed by atoms with Crippen molar-refractivity contribution in [2.45, 2.75) is 71.1 Å². The Morgan fingerprint density at radius 1 is 0.926 bits per heavy atom. The van der Waals surface area contributed by atoms with E-state index >= 15 is 0 Å². The Bertz CT molecular complexity index is 996. The van der Waals surface area contributed by atoms with E-state index < -0.39 is 0 Å². The molecule has 0 N–H and O–H groups in total. The number of rotatable bonds is 1. The maximum atomic E-state index is 9.15. The van der Waals surface area contributed by atoms with Crippen LogP contribution in [0, 0.1) is 18.3 Å². The summed E-state index contributed by atoms with van der Waals surface area (Å²) in [6.45, 7) is 11.8. The normalized spacial score (nSPS) is 20.8. The largest absolute Gasteiger partial charge is 0.192 e. The van der Waals surface area contributed by atoms with Gasteiger partial charge in [0.1, 0.15) is 0 Å². The molecule has 0 spiro atoms. The highest BCUT2D eigenvalue weighted by Gasteiger charge is 2.37. The lowest BCUT2D eigenvalue weighted by Gasteiger charge is -2.42. The molecule has 0 bridgehead atoms. The Kier molecular flexibility index (Phi) is 4.08. The first-order valence-electron chi connectivity index (χ1n) is 10.1. The van der Waals surface area contributed by atoms with Crippen molar-refractivity contribution >= 4 is 11.6 Å². The third kappa shape index (κ3) is 3.02. The van der Waals surface area contributed by atoms with E-state index in [1.165, 1.54) is 51.8 Å². The smallest absolute Gasteiger partial charge is 0.0991 e. The van der Waals surface area contributed by atoms with Crippen molar-refractivity contribution in [3.63, 3.8) is 0 Å². The SMILES string of the molecule is Cc1cc2c(cc1/C=C1/CCc3cc(C#N)ccc31)C(C)(C)CCC2(C)C. The summed E-state index contributed by atoms with van der Waals surface area (Å²) in [4.78, 5) is 0. The predicted molar refractivity (Wildman–Crippen MR) is 114 cm³/mol. The van der Waals surface area contributed by atoms with Gasteiger partial charge >= 0.3 is 0 Å². The number of hydrogen-bond donors (Lipinski definition) is 0. The van der Waals surface area contributed by atoms with E-state index in [0.29, 0.717) is 0 Å². The maximum Gasteiger partial charge on any atom is 0.0991 e. The molecule has 0 amide bonds. The lowest BCUT2D eigenvalue weighted by molar-refractivity contribution is 0.331. The molecule has 0 aliphatic heterocycles. The Morgan fingerprint density at radius 3 is 2.26 bits per heavy atom. The van der Waals surface area contributed by atoms with Gasteiger partial charge in [-0.05, 0) is 94.5 Å². The van der Waals surface area contributed by atoms with E-state index in [-0.39, 0.29) is 10.8 Å². The van der Waals surface area contributed by atoms with Crippen LogP contribution in [-0.4, -0.2) is 0 Å². The minimum Gasteiger partial charge on any atom is -0.192 e. The van der Waals surface area contributed by atoms with Gasteiger partial charge in [-0.25, -0.2) is 0 Å². The topological polar surface area (TPSA) is 23.8 Å². The van der Waals surface area contributed by atoms with Gasteiger partial charge in [0, 0.05) is 0 Å². The summed E-state index contributed by atoms with van der Waals surface area (Å²) in [5.41, 5.74) is 11.1. The zero-order valence-corrected chi connectivity index (χ0v) is 17.2. The standard InChI is InChI=1S/C26H29N/c1-17-12-23-24(26(4,5)11-10-25(23,2)3)15-21(17)14-20-8-7-19-13-18(16-27)6-9-22(19)20/h6,9,12-15H,7-8,10-11H2,1-5H3/b20-14-. The summed E-state index contributed by atoms with van der Waals surface area (Å²) in [5, 5.41) is 9.15. The zero-order chi connectivity index (χ0) is 19.4. The maximum absolute atomic E-state index is 9.15. The molecule has 0 fully saturated rings. The number of hydrogen-bond acceptors (Lipinski definition) is 1. The van der Waals surface area contributed by atoms with Crippen LogP contribution in [-0.2, 0) is 17.3 Å². The van der Waals surface area contributed by atoms with Crippen molar-refractivity contribution in [2.24, 2.45) is 0 Å². The number of nitriles is 1. The molecule has 2 aliphatic carbocycles. The molecule has 1 nitrogen and oxygen atoms in total. The Morgan fingerprint density at radius 2 is 1.59 bits per heavy atom. The molecule has 0 radical (unpaired) electrons. The lowest BCUT2D eigenvalue weighted by atomic mass is 9.62. The van der Waals surface area contributed by atoms with Gasteiger partial charge < -0.3 is 0 Å². The first kappa shape index (κ1) is 18.1. The van der Waals surface area contributed by atoms with Gasteiger partial charge in [0.25, 0.3) is 0 Å². The fourth-order valence-electron chi connectivity index (χ4n) is 4.82. The van der Waals surface area contributed by atoms with Crippen LogP contribution in [0.5, 0.6) is 0 Å². The van der Waals surface area contributed by atoms with Crippen molar-refractivity contribution in [3.8, 4) is 6.07 Å². The van der Waals surface area contributed by atoms with Crippen LogP contribution < -0.4 is 0 Å². The molecular formula is C26H29N. The first-order valence-corrected chi connectivity index (χ1v) is 10.1. The van der Waals surface area contributed by atoms with Crippen molar-refractivity contribution in [1.29, 1.82) is 5.26 Å². The molecule has 2 aliphatic rings. The first-order chi connectivity index (χ1) is 12.7. The number of allylic oxidation sites excluding steroid dienone is 1. The summed E-state index contributed by atoms with van der Waals surface area (Å²) in [6, 6.07) is 13.3. The third-order valence-corrected chi connectivity index (χ3v) is 6.81. The van der Waals surface area contributed by atoms with Gasteiger partial charge in [-0.2, -0.15) is 5.26 Å². The Labute approximate surface area is 163 Å². The average molecular weight is 356 g/mol. The van der Waals surface area contributed by atoms with Crippen molar-refractivity contribution < 1.29 is 0 Å². The zero-order valence-electron chi connectivity index (χ0n) is 17.2. The minimum atomic E-state index is 0.237. The number of aryl methyl sites for hydroxylation is 2. The monoisotopic (exact) mass is 355 g/mol. The molecule has 0 heterocycles. The van der Waals surface area contributed by atoms with E-state index in [9.17, 15) is 0 Å². The molecule has 2 aromatic rings. The Balaban J connectivity index is 1.82. The molecule has 2 aromatic carbocycles. The fraction of sp³-hybridized carbons (Fsp3) is 0.423. The van der Waals surface area contributed by atoms with E-state index in [4.69, 9.17) is 5.26 Å². The fourth-order valence-corrected chi connectivity index (χ4v) is 4.82. The van der Waals surface area contributed by atoms with Crippen LogP contribution in [0.3, 0.4) is 0 Å².